The molecule has 2 aromatic carbocycles. The molecule has 0 aliphatic carbocycles. The van der Waals surface area contributed by atoms with Gasteiger partial charge in [0.05, 0.1) is 0 Å². The molecule has 0 bridgehead atoms. The van der Waals surface area contributed by atoms with Gasteiger partial charge in [0, 0.05) is 51.5 Å². The zero-order valence-electron chi connectivity index (χ0n) is 18.1. The largest absolute Gasteiger partial charge is 0.375 e. The summed E-state index contributed by atoms with van der Waals surface area (Å²) in [5.41, 5.74) is 3.03. The Kier molecular flexibility index (Phi) is 12.6. The first-order valence-corrected chi connectivity index (χ1v) is 10.2. The summed E-state index contributed by atoms with van der Waals surface area (Å²) in [7, 11) is 3.75. The lowest BCUT2D eigenvalue weighted by molar-refractivity contribution is 0.0963. The summed E-state index contributed by atoms with van der Waals surface area (Å²) in [4.78, 5) is 18.7. The molecule has 30 heavy (non-hydrogen) atoms. The molecule has 0 heterocycles. The van der Waals surface area contributed by atoms with Gasteiger partial charge in [0.25, 0.3) is 5.91 Å². The maximum absolute atomic E-state index is 11.8. The van der Waals surface area contributed by atoms with E-state index in [0.29, 0.717) is 5.56 Å². The Morgan fingerprint density at radius 2 is 1.83 bits per heavy atom. The van der Waals surface area contributed by atoms with Crippen LogP contribution in [-0.4, -0.2) is 52.1 Å². The predicted octanol–water partition coefficient (Wildman–Crippen LogP) is 3.29. The number of rotatable bonds is 10. The van der Waals surface area contributed by atoms with Crippen LogP contribution in [0, 0.1) is 0 Å². The van der Waals surface area contributed by atoms with E-state index in [4.69, 9.17) is 0 Å². The second kappa shape index (κ2) is 14.7. The number of halogens is 1. The molecule has 2 rings (SSSR count). The number of para-hydroxylation sites is 1. The van der Waals surface area contributed by atoms with Gasteiger partial charge in [-0.1, -0.05) is 30.3 Å². The third-order valence-corrected chi connectivity index (χ3v) is 4.59. The Labute approximate surface area is 197 Å². The third kappa shape index (κ3) is 9.02. The average molecular weight is 523 g/mol. The highest BCUT2D eigenvalue weighted by Gasteiger charge is 2.04. The fourth-order valence-electron chi connectivity index (χ4n) is 2.99. The van der Waals surface area contributed by atoms with Gasteiger partial charge in [-0.05, 0) is 49.6 Å². The van der Waals surface area contributed by atoms with Crippen LogP contribution in [0.4, 0.5) is 5.69 Å². The van der Waals surface area contributed by atoms with Crippen molar-refractivity contribution >= 4 is 41.5 Å². The number of guanidine groups is 1. The first kappa shape index (κ1) is 25.7. The lowest BCUT2D eigenvalue weighted by atomic mass is 10.1. The van der Waals surface area contributed by atoms with Gasteiger partial charge in [-0.3, -0.25) is 9.79 Å². The van der Waals surface area contributed by atoms with Crippen molar-refractivity contribution in [2.75, 3.05) is 45.2 Å². The fourth-order valence-corrected chi connectivity index (χ4v) is 2.99. The first-order valence-electron chi connectivity index (χ1n) is 10.2. The maximum atomic E-state index is 11.8. The van der Waals surface area contributed by atoms with Crippen LogP contribution in [0.2, 0.25) is 0 Å². The van der Waals surface area contributed by atoms with Crippen molar-refractivity contribution in [2.24, 2.45) is 4.99 Å². The van der Waals surface area contributed by atoms with E-state index in [1.807, 2.05) is 30.3 Å². The molecule has 0 fully saturated rings. The van der Waals surface area contributed by atoms with Crippen LogP contribution in [0.25, 0.3) is 0 Å². The van der Waals surface area contributed by atoms with Crippen molar-refractivity contribution in [1.82, 2.24) is 16.0 Å². The Hall–Kier alpha value is -2.29. The molecule has 2 aromatic rings. The molecule has 0 aliphatic heterocycles. The topological polar surface area (TPSA) is 68.8 Å². The number of nitrogens with one attached hydrogen (secondary N) is 3. The van der Waals surface area contributed by atoms with Crippen molar-refractivity contribution < 1.29 is 4.79 Å². The minimum Gasteiger partial charge on any atom is -0.375 e. The molecule has 0 atom stereocenters. The standard InChI is InChI=1S/C23H33N5O.HI/c1-4-25-23(26-15-9-17-28(3)21-12-6-5-7-13-21)27-16-14-19-10-8-11-20(18-19)22(29)24-2;/h5-8,10-13,18H,4,9,14-17H2,1-3H3,(H,24,29)(H2,25,26,27);1H. The summed E-state index contributed by atoms with van der Waals surface area (Å²) in [6, 6.07) is 18.1. The van der Waals surface area contributed by atoms with Crippen molar-refractivity contribution in [2.45, 2.75) is 19.8 Å². The van der Waals surface area contributed by atoms with Crippen LogP contribution in [0.5, 0.6) is 0 Å². The molecule has 1 amide bonds. The Balaban J connectivity index is 0.00000450. The van der Waals surface area contributed by atoms with Crippen LogP contribution in [-0.2, 0) is 6.42 Å². The maximum Gasteiger partial charge on any atom is 0.251 e. The lowest BCUT2D eigenvalue weighted by Gasteiger charge is -2.18. The van der Waals surface area contributed by atoms with E-state index < -0.39 is 0 Å². The van der Waals surface area contributed by atoms with Crippen LogP contribution in [0.15, 0.2) is 59.6 Å². The highest BCUT2D eigenvalue weighted by atomic mass is 127. The van der Waals surface area contributed by atoms with Gasteiger partial charge < -0.3 is 20.9 Å². The van der Waals surface area contributed by atoms with E-state index in [1.165, 1.54) is 5.69 Å². The molecule has 0 spiro atoms. The zero-order valence-corrected chi connectivity index (χ0v) is 20.5. The summed E-state index contributed by atoms with van der Waals surface area (Å²) in [5, 5.41) is 9.32. The number of carbonyl (C=O) groups excluding carboxylic acids is 1. The number of anilines is 1. The van der Waals surface area contributed by atoms with E-state index in [1.54, 1.807) is 7.05 Å². The Bertz CT molecular complexity index is 782. The quantitative estimate of drug-likeness (QED) is 0.194. The number of nitrogens with zero attached hydrogens (tertiary/aromatic N) is 2. The minimum atomic E-state index is -0.0600. The van der Waals surface area contributed by atoms with Crippen molar-refractivity contribution in [3.63, 3.8) is 0 Å². The van der Waals surface area contributed by atoms with E-state index in [2.05, 4.69) is 64.1 Å². The molecule has 0 saturated heterocycles. The smallest absolute Gasteiger partial charge is 0.251 e. The van der Waals surface area contributed by atoms with Gasteiger partial charge in [0.15, 0.2) is 5.96 Å². The van der Waals surface area contributed by atoms with Crippen molar-refractivity contribution in [3.8, 4) is 0 Å². The van der Waals surface area contributed by atoms with Gasteiger partial charge in [-0.15, -0.1) is 24.0 Å². The van der Waals surface area contributed by atoms with E-state index in [0.717, 1.165) is 50.5 Å². The molecule has 7 heteroatoms. The molecular weight excluding hydrogens is 489 g/mol. The molecule has 0 unspecified atom stereocenters. The molecule has 3 N–H and O–H groups in total. The Morgan fingerprint density at radius 1 is 1.07 bits per heavy atom. The highest BCUT2D eigenvalue weighted by molar-refractivity contribution is 14.0. The molecule has 0 radical (unpaired) electrons. The van der Waals surface area contributed by atoms with Gasteiger partial charge >= 0.3 is 0 Å². The van der Waals surface area contributed by atoms with E-state index in [9.17, 15) is 4.79 Å². The molecule has 6 nitrogen and oxygen atoms in total. The van der Waals surface area contributed by atoms with E-state index in [-0.39, 0.29) is 29.9 Å². The van der Waals surface area contributed by atoms with Crippen LogP contribution in [0.3, 0.4) is 0 Å². The van der Waals surface area contributed by atoms with Gasteiger partial charge in [0.2, 0.25) is 0 Å². The fraction of sp³-hybridized carbons (Fsp3) is 0.391. The summed E-state index contributed by atoms with van der Waals surface area (Å²) in [5.74, 6) is 0.771. The second-order valence-electron chi connectivity index (χ2n) is 6.83. The van der Waals surface area contributed by atoms with Crippen LogP contribution >= 0.6 is 24.0 Å². The summed E-state index contributed by atoms with van der Waals surface area (Å²) in [6.07, 6.45) is 1.81. The average Bonchev–Trinajstić information content (AvgIpc) is 2.76. The predicted molar refractivity (Wildman–Crippen MR) is 137 cm³/mol. The minimum absolute atomic E-state index is 0. The Morgan fingerprint density at radius 3 is 2.53 bits per heavy atom. The second-order valence-corrected chi connectivity index (χ2v) is 6.83. The number of aliphatic imine (C=N–C) groups is 1. The third-order valence-electron chi connectivity index (χ3n) is 4.59. The number of hydrogen-bond acceptors (Lipinski definition) is 3. The molecule has 0 saturated carbocycles. The van der Waals surface area contributed by atoms with Crippen molar-refractivity contribution in [3.05, 3.63) is 65.7 Å². The normalized spacial score (nSPS) is 10.7. The van der Waals surface area contributed by atoms with Crippen molar-refractivity contribution in [1.29, 1.82) is 0 Å². The highest BCUT2D eigenvalue weighted by Crippen LogP contribution is 2.10. The molecular formula is C23H34IN5O. The first-order chi connectivity index (χ1) is 14.1. The molecule has 164 valence electrons. The van der Waals surface area contributed by atoms with Gasteiger partial charge in [0.1, 0.15) is 0 Å². The van der Waals surface area contributed by atoms with Gasteiger partial charge in [-0.25, -0.2) is 0 Å². The van der Waals surface area contributed by atoms with Crippen LogP contribution < -0.4 is 20.9 Å². The molecule has 0 aliphatic rings. The van der Waals surface area contributed by atoms with E-state index >= 15 is 0 Å². The number of amides is 1. The summed E-state index contributed by atoms with van der Waals surface area (Å²) in [6.45, 7) is 5.36. The number of carbonyl (C=O) groups is 1. The van der Waals surface area contributed by atoms with Crippen LogP contribution in [0.1, 0.15) is 29.3 Å². The summed E-state index contributed by atoms with van der Waals surface area (Å²) >= 11 is 0. The van der Waals surface area contributed by atoms with Gasteiger partial charge in [-0.2, -0.15) is 0 Å². The SMILES string of the molecule is CCNC(=NCCCN(C)c1ccccc1)NCCc1cccc(C(=O)NC)c1.I. The monoisotopic (exact) mass is 523 g/mol. The zero-order chi connectivity index (χ0) is 20.9. The molecule has 0 aromatic heterocycles. The number of benzene rings is 2. The number of hydrogen-bond donors (Lipinski definition) is 3. The summed E-state index contributed by atoms with van der Waals surface area (Å²) < 4.78 is 0. The lowest BCUT2D eigenvalue weighted by Crippen LogP contribution is -2.38.